The normalized spacial score (nSPS) is 28.5. The van der Waals surface area contributed by atoms with Crippen LogP contribution < -0.4 is 32.5 Å². The number of carboxylic acids is 2. The van der Waals surface area contributed by atoms with E-state index in [1.54, 1.807) is 0 Å². The van der Waals surface area contributed by atoms with E-state index in [9.17, 15) is 74.1 Å². The second-order valence-electron chi connectivity index (χ2n) is 11.4. The van der Waals surface area contributed by atoms with E-state index < -0.39 is 147 Å². The number of amides is 4. The number of aliphatic hydroxyl groups excluding tert-OH is 5. The molecule has 1 aromatic heterocycles. The van der Waals surface area contributed by atoms with Crippen molar-refractivity contribution in [3.05, 3.63) is 33.1 Å². The Hall–Kier alpha value is -4.82. The van der Waals surface area contributed by atoms with Crippen LogP contribution in [0.2, 0.25) is 0 Å². The third kappa shape index (κ3) is 10.8. The van der Waals surface area contributed by atoms with Crippen LogP contribution in [-0.4, -0.2) is 162 Å². The maximum absolute atomic E-state index is 13.0. The Balaban J connectivity index is 1.65. The van der Waals surface area contributed by atoms with Crippen molar-refractivity contribution in [1.82, 2.24) is 30.8 Å². The van der Waals surface area contributed by atoms with Gasteiger partial charge in [-0.2, -0.15) is 0 Å². The number of aliphatic hydroxyl groups is 5. The molecule has 0 unspecified atom stereocenters. The second kappa shape index (κ2) is 17.9. The largest absolute Gasteiger partial charge is 0.481 e. The second-order valence-corrected chi connectivity index (χ2v) is 11.4. The maximum Gasteiger partial charge on any atom is 0.330 e. The summed E-state index contributed by atoms with van der Waals surface area (Å²) in [6, 6.07) is -4.30. The third-order valence-corrected chi connectivity index (χ3v) is 7.61. The lowest BCUT2D eigenvalue weighted by Crippen LogP contribution is -2.64. The number of aromatic amines is 1. The van der Waals surface area contributed by atoms with E-state index in [-0.39, 0.29) is 0 Å². The first-order chi connectivity index (χ1) is 23.9. The van der Waals surface area contributed by atoms with Gasteiger partial charge in [-0.15, -0.1) is 0 Å². The molecule has 51 heavy (non-hydrogen) atoms. The summed E-state index contributed by atoms with van der Waals surface area (Å²) >= 11 is 0. The number of carbonyl (C=O) groups excluding carboxylic acids is 4. The zero-order valence-corrected chi connectivity index (χ0v) is 26.6. The van der Waals surface area contributed by atoms with Crippen molar-refractivity contribution in [1.29, 1.82) is 0 Å². The van der Waals surface area contributed by atoms with Gasteiger partial charge in [-0.3, -0.25) is 43.1 Å². The van der Waals surface area contributed by atoms with E-state index in [4.69, 9.17) is 14.2 Å². The molecule has 2 fully saturated rings. The van der Waals surface area contributed by atoms with Crippen LogP contribution >= 0.6 is 0 Å². The molecule has 3 heterocycles. The van der Waals surface area contributed by atoms with Gasteiger partial charge in [-0.25, -0.2) is 4.79 Å². The quantitative estimate of drug-likeness (QED) is 0.0750. The van der Waals surface area contributed by atoms with Gasteiger partial charge in [-0.05, 0) is 0 Å². The highest BCUT2D eigenvalue weighted by Gasteiger charge is 2.46. The number of aromatic nitrogens is 2. The Kier molecular flexibility index (Phi) is 14.3. The number of hydrogen-bond donors (Lipinski definition) is 12. The molecule has 4 amide bonds. The van der Waals surface area contributed by atoms with Crippen molar-refractivity contribution in [3.8, 4) is 0 Å². The number of nitrogens with one attached hydrogen (secondary N) is 5. The van der Waals surface area contributed by atoms with Gasteiger partial charge in [0.25, 0.3) is 5.56 Å². The van der Waals surface area contributed by atoms with Gasteiger partial charge < -0.3 is 71.2 Å². The molecule has 0 spiro atoms. The van der Waals surface area contributed by atoms with Gasteiger partial charge in [-0.1, -0.05) is 0 Å². The van der Waals surface area contributed by atoms with Crippen molar-refractivity contribution in [2.24, 2.45) is 0 Å². The average Bonchev–Trinajstić information content (AvgIpc) is 3.32. The highest BCUT2D eigenvalue weighted by atomic mass is 16.7. The van der Waals surface area contributed by atoms with Gasteiger partial charge >= 0.3 is 17.6 Å². The molecule has 24 heteroatoms. The Morgan fingerprint density at radius 2 is 1.49 bits per heavy atom. The molecule has 3 rings (SSSR count). The molecule has 0 aliphatic carbocycles. The van der Waals surface area contributed by atoms with Gasteiger partial charge in [0.2, 0.25) is 23.6 Å². The average molecular weight is 735 g/mol. The predicted molar refractivity (Wildman–Crippen MR) is 160 cm³/mol. The molecule has 0 bridgehead atoms. The summed E-state index contributed by atoms with van der Waals surface area (Å²) in [4.78, 5) is 98.6. The number of rotatable bonds is 16. The van der Waals surface area contributed by atoms with Crippen molar-refractivity contribution in [3.63, 3.8) is 0 Å². The van der Waals surface area contributed by atoms with E-state index in [2.05, 4.69) is 10.6 Å². The van der Waals surface area contributed by atoms with Crippen LogP contribution in [0.1, 0.15) is 26.0 Å². The molecule has 0 saturated carbocycles. The maximum atomic E-state index is 13.0. The smallest absolute Gasteiger partial charge is 0.330 e. The number of carbonyl (C=O) groups is 6. The minimum atomic E-state index is -1.93. The van der Waals surface area contributed by atoms with Crippen LogP contribution in [0, 0.1) is 0 Å². The van der Waals surface area contributed by atoms with E-state index in [1.807, 2.05) is 15.6 Å². The van der Waals surface area contributed by atoms with Crippen molar-refractivity contribution >= 4 is 35.6 Å². The van der Waals surface area contributed by atoms with Gasteiger partial charge in [0.15, 0.2) is 12.5 Å². The summed E-state index contributed by atoms with van der Waals surface area (Å²) in [7, 11) is 0. The van der Waals surface area contributed by atoms with E-state index >= 15 is 0 Å². The summed E-state index contributed by atoms with van der Waals surface area (Å²) in [6.07, 6.45) is -13.8. The Bertz CT molecular complexity index is 1570. The van der Waals surface area contributed by atoms with Crippen LogP contribution in [0.5, 0.6) is 0 Å². The zero-order valence-electron chi connectivity index (χ0n) is 26.6. The Morgan fingerprint density at radius 1 is 0.882 bits per heavy atom. The van der Waals surface area contributed by atoms with Gasteiger partial charge in [0, 0.05) is 25.7 Å². The number of ether oxygens (including phenoxy) is 3. The predicted octanol–water partition coefficient (Wildman–Crippen LogP) is -7.85. The molecule has 1 aromatic rings. The molecule has 284 valence electrons. The fourth-order valence-corrected chi connectivity index (χ4v) is 5.13. The lowest BCUT2D eigenvalue weighted by Gasteiger charge is -2.42. The zero-order chi connectivity index (χ0) is 38.2. The molecule has 11 atom stereocenters. The number of H-pyrrole nitrogens is 1. The Morgan fingerprint density at radius 3 is 2.06 bits per heavy atom. The SMILES string of the molecule is CC(=O)N[C@H]1[C@@H](OCC(=O)N[C@@H](CC(=O)O)C(=O)N[C@@H](CC(=O)O)C(=O)NC[C@H]2O[C@@H](n3ccc(=O)[nH]c3=O)[C@H](O)[C@@H]2O)O[C@H](CO)[C@@H](O)[C@@H]1O. The first kappa shape index (κ1) is 40.6. The molecular formula is C27H38N6O18. The highest BCUT2D eigenvalue weighted by Crippen LogP contribution is 2.28. The summed E-state index contributed by atoms with van der Waals surface area (Å²) < 4.78 is 16.8. The molecule has 2 aliphatic heterocycles. The lowest BCUT2D eigenvalue weighted by molar-refractivity contribution is -0.268. The van der Waals surface area contributed by atoms with E-state index in [0.29, 0.717) is 0 Å². The number of carboxylic acid groups (broad SMARTS) is 2. The van der Waals surface area contributed by atoms with E-state index in [0.717, 1.165) is 23.8 Å². The van der Waals surface area contributed by atoms with Crippen LogP contribution in [0.25, 0.3) is 0 Å². The molecule has 2 saturated heterocycles. The molecule has 12 N–H and O–H groups in total. The van der Waals surface area contributed by atoms with Crippen molar-refractivity contribution in [2.75, 3.05) is 19.8 Å². The van der Waals surface area contributed by atoms with Crippen LogP contribution in [0.4, 0.5) is 0 Å². The van der Waals surface area contributed by atoms with Crippen molar-refractivity contribution < 1.29 is 78.7 Å². The number of aliphatic carboxylic acids is 2. The molecule has 0 aromatic carbocycles. The van der Waals surface area contributed by atoms with E-state index in [1.165, 1.54) is 0 Å². The number of nitrogens with zero attached hydrogens (tertiary/aromatic N) is 1. The third-order valence-electron chi connectivity index (χ3n) is 7.61. The molecular weight excluding hydrogens is 696 g/mol. The minimum absolute atomic E-state index is 0.601. The molecule has 2 aliphatic rings. The fraction of sp³-hybridized carbons (Fsp3) is 0.630. The lowest BCUT2D eigenvalue weighted by atomic mass is 9.97. The first-order valence-electron chi connectivity index (χ1n) is 15.1. The van der Waals surface area contributed by atoms with Crippen LogP contribution in [-0.2, 0) is 43.0 Å². The van der Waals surface area contributed by atoms with Gasteiger partial charge in [0.1, 0.15) is 61.4 Å². The van der Waals surface area contributed by atoms with Crippen LogP contribution in [0.3, 0.4) is 0 Å². The first-order valence-corrected chi connectivity index (χ1v) is 15.1. The summed E-state index contributed by atoms with van der Waals surface area (Å²) in [6.45, 7) is -1.32. The minimum Gasteiger partial charge on any atom is -0.481 e. The van der Waals surface area contributed by atoms with Gasteiger partial charge in [0.05, 0.1) is 19.4 Å². The fourth-order valence-electron chi connectivity index (χ4n) is 5.13. The topological polar surface area (TPSA) is 375 Å². The number of hydrogen-bond acceptors (Lipinski definition) is 16. The highest BCUT2D eigenvalue weighted by molar-refractivity contribution is 5.95. The van der Waals surface area contributed by atoms with Crippen molar-refractivity contribution in [2.45, 2.75) is 87.0 Å². The summed E-state index contributed by atoms with van der Waals surface area (Å²) in [5, 5.41) is 77.8. The standard InChI is InChI=1S/C27H38N6O18/c1-9(35)29-18-21(44)20(43)13(7-34)51-26(18)49-8-15(37)30-11(5-17(40)41)24(47)31-10(4-16(38)39)23(46)28-6-12-19(42)22(45)25(50-12)33-3-2-14(36)32-27(33)48/h2-3,10-13,18-22,25-26,34,42-45H,4-8H2,1H3,(H,28,46)(H,29,35)(H,30,37)(H,31,47)(H,38,39)(H,40,41)(H,32,36,48)/t10-,11-,12+,13+,18+,19+,20+,21+,22+,25+,26-/m0/s1. The molecule has 0 radical (unpaired) electrons. The summed E-state index contributed by atoms with van der Waals surface area (Å²) in [5.41, 5.74) is -1.73. The van der Waals surface area contributed by atoms with Crippen LogP contribution in [0.15, 0.2) is 21.9 Å². The molecule has 24 nitrogen and oxygen atoms in total. The monoisotopic (exact) mass is 734 g/mol. The Labute approximate surface area is 285 Å². The summed E-state index contributed by atoms with van der Waals surface area (Å²) in [5.74, 6) is -7.57.